The van der Waals surface area contributed by atoms with Crippen LogP contribution in [0.2, 0.25) is 0 Å². The van der Waals surface area contributed by atoms with Gasteiger partial charge in [0.15, 0.2) is 0 Å². The predicted octanol–water partition coefficient (Wildman–Crippen LogP) is 5.97. The number of benzene rings is 2. The summed E-state index contributed by atoms with van der Waals surface area (Å²) in [6.07, 6.45) is -3.37. The Morgan fingerprint density at radius 2 is 1.93 bits per heavy atom. The van der Waals surface area contributed by atoms with Crippen molar-refractivity contribution >= 4 is 23.4 Å². The van der Waals surface area contributed by atoms with Gasteiger partial charge in [0.1, 0.15) is 11.9 Å². The van der Waals surface area contributed by atoms with Crippen molar-refractivity contribution in [1.82, 2.24) is 4.90 Å². The third kappa shape index (κ3) is 8.89. The van der Waals surface area contributed by atoms with Crippen molar-refractivity contribution in [2.24, 2.45) is 5.92 Å². The molecule has 0 saturated carbocycles. The fourth-order valence-corrected chi connectivity index (χ4v) is 5.64. The Bertz CT molecular complexity index is 1390. The highest BCUT2D eigenvalue weighted by Gasteiger charge is 2.35. The lowest BCUT2D eigenvalue weighted by Gasteiger charge is -2.35. The molecular formula is C33H39F4N3O4. The zero-order valence-corrected chi connectivity index (χ0v) is 25.2. The first-order chi connectivity index (χ1) is 21.1. The van der Waals surface area contributed by atoms with E-state index in [1.807, 2.05) is 23.1 Å². The number of nitrogens with one attached hydrogen (secondary N) is 2. The topological polar surface area (TPSA) is 72.1 Å². The van der Waals surface area contributed by atoms with Crippen LogP contribution >= 0.6 is 0 Å². The molecule has 7 nitrogen and oxygen atoms in total. The van der Waals surface area contributed by atoms with Crippen LogP contribution in [0.5, 0.6) is 5.75 Å². The van der Waals surface area contributed by atoms with Crippen LogP contribution in [0.1, 0.15) is 40.7 Å². The Morgan fingerprint density at radius 1 is 1.11 bits per heavy atom. The Labute approximate surface area is 255 Å². The number of ether oxygens (including phenoxy) is 3. The summed E-state index contributed by atoms with van der Waals surface area (Å²) in [7, 11) is 4.37. The fourth-order valence-electron chi connectivity index (χ4n) is 5.64. The van der Waals surface area contributed by atoms with E-state index in [9.17, 15) is 18.0 Å². The van der Waals surface area contributed by atoms with Crippen LogP contribution in [0, 0.1) is 17.8 Å². The highest BCUT2D eigenvalue weighted by Crippen LogP contribution is 2.38. The van der Waals surface area contributed by atoms with Crippen molar-refractivity contribution in [3.8, 4) is 17.6 Å². The lowest BCUT2D eigenvalue weighted by atomic mass is 9.91. The van der Waals surface area contributed by atoms with Crippen molar-refractivity contribution in [3.63, 3.8) is 0 Å². The Kier molecular flexibility index (Phi) is 11.5. The van der Waals surface area contributed by atoms with Crippen LogP contribution in [0.4, 0.5) is 28.9 Å². The zero-order chi connectivity index (χ0) is 31.7. The van der Waals surface area contributed by atoms with Crippen LogP contribution < -0.4 is 15.4 Å². The second-order valence-electron chi connectivity index (χ2n) is 10.9. The maximum atomic E-state index is 15.2. The molecule has 1 saturated heterocycles. The van der Waals surface area contributed by atoms with Crippen molar-refractivity contribution < 1.29 is 36.6 Å². The van der Waals surface area contributed by atoms with E-state index >= 15 is 4.39 Å². The summed E-state index contributed by atoms with van der Waals surface area (Å²) < 4.78 is 71.3. The second-order valence-corrected chi connectivity index (χ2v) is 10.9. The number of nitrogens with zero attached hydrogens (tertiary/aromatic N) is 1. The number of carbonyl (C=O) groups is 1. The molecule has 0 aromatic heterocycles. The maximum Gasteiger partial charge on any atom is 0.389 e. The molecule has 2 unspecified atom stereocenters. The first kappa shape index (κ1) is 33.1. The number of allylic oxidation sites excluding steroid dienone is 1. The number of anilines is 2. The van der Waals surface area contributed by atoms with E-state index in [-0.39, 0.29) is 13.0 Å². The van der Waals surface area contributed by atoms with Gasteiger partial charge in [0.05, 0.1) is 51.1 Å². The predicted molar refractivity (Wildman–Crippen MR) is 163 cm³/mol. The van der Waals surface area contributed by atoms with Crippen molar-refractivity contribution in [2.45, 2.75) is 44.1 Å². The molecule has 2 N–H and O–H groups in total. The minimum Gasteiger partial charge on any atom is -0.495 e. The number of esters is 1. The number of aryl methyl sites for hydroxylation is 1. The van der Waals surface area contributed by atoms with Crippen molar-refractivity contribution in [2.75, 3.05) is 64.7 Å². The highest BCUT2D eigenvalue weighted by molar-refractivity contribution is 5.90. The first-order valence-electron chi connectivity index (χ1n) is 14.6. The van der Waals surface area contributed by atoms with Crippen LogP contribution in [0.3, 0.4) is 0 Å². The van der Waals surface area contributed by atoms with Crippen LogP contribution in [0.25, 0.3) is 6.08 Å². The molecule has 11 heteroatoms. The summed E-state index contributed by atoms with van der Waals surface area (Å²) in [5.41, 5.74) is 3.63. The van der Waals surface area contributed by atoms with E-state index in [4.69, 9.17) is 14.2 Å². The molecule has 44 heavy (non-hydrogen) atoms. The smallest absolute Gasteiger partial charge is 0.389 e. The fraction of sp³-hybridized carbons (Fsp3) is 0.485. The van der Waals surface area contributed by atoms with Crippen LogP contribution in [-0.4, -0.2) is 83.4 Å². The monoisotopic (exact) mass is 617 g/mol. The molecule has 238 valence electrons. The Hall–Kier alpha value is -3.75. The Morgan fingerprint density at radius 3 is 2.64 bits per heavy atom. The summed E-state index contributed by atoms with van der Waals surface area (Å²) in [5, 5.41) is 6.46. The number of fused-ring (bicyclic) bond motifs is 1. The number of hydrogen-bond donors (Lipinski definition) is 2. The standard InChI is InChI=1S/C33H39F4N3O4/c1-42-17-16-40-15-13-29(27(34)21-40)39-28-8-4-6-22-9-10-25(20-33(35,36)37)23(18-26(22)28)7-5-14-38-30-12-11-24(32(41)44-3)19-31(30)43-2/h4,6,8,11-12,18-19,25,27,29,38-39H,9-10,13-17,20-21H2,1-3H3/t25?,27-,29?/m1/s1. The number of halogens is 4. The molecule has 2 aromatic carbocycles. The molecule has 0 radical (unpaired) electrons. The summed E-state index contributed by atoms with van der Waals surface area (Å²) in [6.45, 7) is 2.34. The second kappa shape index (κ2) is 15.3. The third-order valence-corrected chi connectivity index (χ3v) is 7.98. The molecular weight excluding hydrogens is 578 g/mol. The van der Waals surface area contributed by atoms with Gasteiger partial charge in [-0.25, -0.2) is 9.18 Å². The summed E-state index contributed by atoms with van der Waals surface area (Å²) in [5.74, 6) is 5.05. The average molecular weight is 618 g/mol. The molecule has 0 amide bonds. The normalized spacial score (nSPS) is 20.3. The van der Waals surface area contributed by atoms with Gasteiger partial charge in [-0.3, -0.25) is 4.90 Å². The molecule has 2 aromatic rings. The van der Waals surface area contributed by atoms with E-state index < -0.39 is 36.7 Å². The van der Waals surface area contributed by atoms with Crippen LogP contribution in [-0.2, 0) is 15.9 Å². The minimum absolute atomic E-state index is 0.127. The average Bonchev–Trinajstić information content (AvgIpc) is 3.17. The maximum absolute atomic E-state index is 15.2. The van der Waals surface area contributed by atoms with E-state index in [1.54, 1.807) is 25.3 Å². The third-order valence-electron chi connectivity index (χ3n) is 7.98. The molecule has 3 atom stereocenters. The molecule has 0 bridgehead atoms. The molecule has 2 aliphatic rings. The van der Waals surface area contributed by atoms with Gasteiger partial charge in [0, 0.05) is 49.5 Å². The number of piperidine rings is 1. The van der Waals surface area contributed by atoms with E-state index in [0.29, 0.717) is 60.8 Å². The van der Waals surface area contributed by atoms with Gasteiger partial charge < -0.3 is 24.8 Å². The zero-order valence-electron chi connectivity index (χ0n) is 25.2. The lowest BCUT2D eigenvalue weighted by Crippen LogP contribution is -2.48. The summed E-state index contributed by atoms with van der Waals surface area (Å²) in [6, 6.07) is 9.96. The largest absolute Gasteiger partial charge is 0.495 e. The Balaban J connectivity index is 1.56. The minimum atomic E-state index is -4.35. The summed E-state index contributed by atoms with van der Waals surface area (Å²) in [4.78, 5) is 13.9. The van der Waals surface area contributed by atoms with Gasteiger partial charge in [-0.05, 0) is 55.2 Å². The number of likely N-dealkylation sites (tertiary alicyclic amines) is 1. The molecule has 0 spiro atoms. The van der Waals surface area contributed by atoms with Gasteiger partial charge in [0.2, 0.25) is 0 Å². The number of methoxy groups -OCH3 is 3. The molecule has 1 aliphatic carbocycles. The van der Waals surface area contributed by atoms with E-state index in [2.05, 4.69) is 22.5 Å². The SMILES string of the molecule is COCCN1CCC(Nc2cccc3c2C=C(C#CCNc2ccc(C(=O)OC)cc2OC)C(CC(F)(F)F)CC3)[C@H](F)C1. The lowest BCUT2D eigenvalue weighted by molar-refractivity contribution is -0.141. The quantitative estimate of drug-likeness (QED) is 0.194. The number of hydrogen-bond acceptors (Lipinski definition) is 7. The van der Waals surface area contributed by atoms with Gasteiger partial charge in [-0.1, -0.05) is 24.0 Å². The van der Waals surface area contributed by atoms with Crippen LogP contribution in [0.15, 0.2) is 42.0 Å². The van der Waals surface area contributed by atoms with Gasteiger partial charge in [-0.2, -0.15) is 13.2 Å². The van der Waals surface area contributed by atoms with E-state index in [0.717, 1.165) is 17.7 Å². The van der Waals surface area contributed by atoms with Gasteiger partial charge >= 0.3 is 12.1 Å². The first-order valence-corrected chi connectivity index (χ1v) is 14.6. The molecule has 4 rings (SSSR count). The van der Waals surface area contributed by atoms with Gasteiger partial charge in [-0.15, -0.1) is 0 Å². The number of alkyl halides is 4. The molecule has 1 aliphatic heterocycles. The van der Waals surface area contributed by atoms with Crippen molar-refractivity contribution in [1.29, 1.82) is 0 Å². The summed E-state index contributed by atoms with van der Waals surface area (Å²) >= 11 is 0. The van der Waals surface area contributed by atoms with E-state index in [1.165, 1.54) is 20.3 Å². The van der Waals surface area contributed by atoms with Crippen molar-refractivity contribution in [3.05, 3.63) is 58.7 Å². The highest BCUT2D eigenvalue weighted by atomic mass is 19.4. The number of carbonyl (C=O) groups excluding carboxylic acids is 1. The number of rotatable bonds is 10. The van der Waals surface area contributed by atoms with Gasteiger partial charge in [0.25, 0.3) is 0 Å². The molecule has 1 fully saturated rings. The molecule has 1 heterocycles.